The predicted octanol–water partition coefficient (Wildman–Crippen LogP) is 5.09. The molecule has 0 aliphatic carbocycles. The van der Waals surface area contributed by atoms with Crippen molar-refractivity contribution in [3.8, 4) is 0 Å². The molecule has 0 amide bonds. The first-order chi connectivity index (χ1) is 7.58. The van der Waals surface area contributed by atoms with Crippen LogP contribution in [-0.2, 0) is 0 Å². The topological polar surface area (TPSA) is 0 Å². The molecule has 0 spiro atoms. The molecule has 1 aromatic rings. The summed E-state index contributed by atoms with van der Waals surface area (Å²) in [6, 6.07) is 11.4. The lowest BCUT2D eigenvalue weighted by molar-refractivity contribution is 1.38. The largest absolute Gasteiger partial charge is 0.167 e. The Balaban J connectivity index is 2.28. The molecule has 0 aromatic heterocycles. The van der Waals surface area contributed by atoms with Crippen LogP contribution < -0.4 is 0 Å². The lowest BCUT2D eigenvalue weighted by Crippen LogP contribution is -2.13. The molecule has 0 aliphatic heterocycles. The van der Waals surface area contributed by atoms with E-state index in [9.17, 15) is 0 Å². The lowest BCUT2D eigenvalue weighted by atomic mass is 10.2. The highest BCUT2D eigenvalue weighted by Gasteiger charge is 2.13. The van der Waals surface area contributed by atoms with Gasteiger partial charge in [-0.3, -0.25) is 0 Å². The minimum atomic E-state index is -1.42. The zero-order valence-corrected chi connectivity index (χ0v) is 11.7. The van der Waals surface area contributed by atoms with E-state index in [1.807, 2.05) is 6.07 Å². The standard InChI is InChI=1S/C14H19ClSi/c1-16(2,15)13-9-4-3-6-10-14-11-7-5-8-12-14/h4-12H,3,13H2,1-2H3/b9-4+,10-6+. The maximum atomic E-state index is 6.21. The van der Waals surface area contributed by atoms with E-state index in [4.69, 9.17) is 11.1 Å². The van der Waals surface area contributed by atoms with Crippen LogP contribution in [0.1, 0.15) is 12.0 Å². The van der Waals surface area contributed by atoms with Crippen LogP contribution in [0.15, 0.2) is 48.6 Å². The van der Waals surface area contributed by atoms with Gasteiger partial charge in [-0.2, -0.15) is 11.1 Å². The SMILES string of the molecule is C[Si](C)(Cl)C/C=C/C/C=C/c1ccccc1. The number of allylic oxidation sites excluding steroid dienone is 3. The molecule has 0 heterocycles. The number of hydrogen-bond acceptors (Lipinski definition) is 0. The second kappa shape index (κ2) is 6.72. The smallest absolute Gasteiger partial charge is 0.154 e. The van der Waals surface area contributed by atoms with E-state index >= 15 is 0 Å². The Morgan fingerprint density at radius 2 is 1.75 bits per heavy atom. The summed E-state index contributed by atoms with van der Waals surface area (Å²) in [5, 5.41) is 0. The van der Waals surface area contributed by atoms with Crippen LogP contribution >= 0.6 is 11.1 Å². The molecule has 0 atom stereocenters. The molecule has 16 heavy (non-hydrogen) atoms. The second-order valence-electron chi connectivity index (χ2n) is 4.44. The normalized spacial score (nSPS) is 12.7. The molecule has 0 radical (unpaired) electrons. The van der Waals surface area contributed by atoms with Crippen LogP contribution in [0.5, 0.6) is 0 Å². The van der Waals surface area contributed by atoms with E-state index in [2.05, 4.69) is 61.7 Å². The van der Waals surface area contributed by atoms with E-state index in [0.717, 1.165) is 12.5 Å². The Bertz CT molecular complexity index is 347. The minimum Gasteiger partial charge on any atom is -0.167 e. The van der Waals surface area contributed by atoms with Gasteiger partial charge in [0, 0.05) is 0 Å². The zero-order valence-electron chi connectivity index (χ0n) is 9.99. The molecule has 0 nitrogen and oxygen atoms in total. The van der Waals surface area contributed by atoms with Crippen molar-refractivity contribution < 1.29 is 0 Å². The van der Waals surface area contributed by atoms with Crippen molar-refractivity contribution in [3.05, 3.63) is 54.1 Å². The summed E-state index contributed by atoms with van der Waals surface area (Å²) in [6.07, 6.45) is 9.70. The van der Waals surface area contributed by atoms with Crippen LogP contribution in [0.4, 0.5) is 0 Å². The third kappa shape index (κ3) is 6.65. The third-order valence-corrected chi connectivity index (χ3v) is 3.82. The van der Waals surface area contributed by atoms with Crippen LogP contribution in [0.25, 0.3) is 6.08 Å². The first-order valence-electron chi connectivity index (χ1n) is 5.63. The Kier molecular flexibility index (Phi) is 5.57. The highest BCUT2D eigenvalue weighted by Crippen LogP contribution is 2.14. The quantitative estimate of drug-likeness (QED) is 0.388. The van der Waals surface area contributed by atoms with Crippen molar-refractivity contribution in [1.82, 2.24) is 0 Å². The molecule has 1 aromatic carbocycles. The zero-order chi connectivity index (χ0) is 11.9. The molecular weight excluding hydrogens is 232 g/mol. The molecular formula is C14H19ClSi. The van der Waals surface area contributed by atoms with Crippen molar-refractivity contribution in [2.24, 2.45) is 0 Å². The summed E-state index contributed by atoms with van der Waals surface area (Å²) in [5.74, 6) is 0. The molecule has 1 rings (SSSR count). The van der Waals surface area contributed by atoms with Crippen LogP contribution in [0.2, 0.25) is 19.1 Å². The first kappa shape index (κ1) is 13.3. The number of hydrogen-bond donors (Lipinski definition) is 0. The maximum Gasteiger partial charge on any atom is 0.154 e. The molecule has 0 fully saturated rings. The van der Waals surface area contributed by atoms with E-state index in [-0.39, 0.29) is 0 Å². The summed E-state index contributed by atoms with van der Waals surface area (Å²) < 4.78 is 0. The number of halogens is 1. The predicted molar refractivity (Wildman–Crippen MR) is 77.4 cm³/mol. The summed E-state index contributed by atoms with van der Waals surface area (Å²) >= 11 is 6.21. The molecule has 0 saturated carbocycles. The van der Waals surface area contributed by atoms with Gasteiger partial charge in [0.1, 0.15) is 0 Å². The molecule has 0 N–H and O–H groups in total. The fraction of sp³-hybridized carbons (Fsp3) is 0.286. The minimum absolute atomic E-state index is 0.982. The van der Waals surface area contributed by atoms with Crippen molar-refractivity contribution in [2.75, 3.05) is 0 Å². The molecule has 0 aliphatic rings. The Hall–Kier alpha value is -0.793. The Morgan fingerprint density at radius 3 is 2.38 bits per heavy atom. The van der Waals surface area contributed by atoms with E-state index in [1.165, 1.54) is 5.56 Å². The monoisotopic (exact) mass is 250 g/mol. The summed E-state index contributed by atoms with van der Waals surface area (Å²) in [7, 11) is -1.42. The van der Waals surface area contributed by atoms with E-state index < -0.39 is 7.38 Å². The summed E-state index contributed by atoms with van der Waals surface area (Å²) in [6.45, 7) is 4.33. The second-order valence-corrected chi connectivity index (χ2v) is 11.4. The highest BCUT2D eigenvalue weighted by atomic mass is 35.6. The molecule has 0 unspecified atom stereocenters. The third-order valence-electron chi connectivity index (χ3n) is 2.15. The van der Waals surface area contributed by atoms with Crippen molar-refractivity contribution in [2.45, 2.75) is 25.6 Å². The average Bonchev–Trinajstić information content (AvgIpc) is 2.23. The highest BCUT2D eigenvalue weighted by molar-refractivity contribution is 7.19. The lowest BCUT2D eigenvalue weighted by Gasteiger charge is -2.07. The Labute approximate surface area is 104 Å². The van der Waals surface area contributed by atoms with Gasteiger partial charge in [-0.1, -0.05) is 67.7 Å². The summed E-state index contributed by atoms with van der Waals surface area (Å²) in [5.41, 5.74) is 1.25. The van der Waals surface area contributed by atoms with Gasteiger partial charge in [0.2, 0.25) is 0 Å². The van der Waals surface area contributed by atoms with Crippen molar-refractivity contribution in [3.63, 3.8) is 0 Å². The van der Waals surface area contributed by atoms with Gasteiger partial charge in [-0.15, -0.1) is 0 Å². The van der Waals surface area contributed by atoms with E-state index in [0.29, 0.717) is 0 Å². The van der Waals surface area contributed by atoms with E-state index in [1.54, 1.807) is 0 Å². The van der Waals surface area contributed by atoms with Crippen LogP contribution in [0.3, 0.4) is 0 Å². The fourth-order valence-corrected chi connectivity index (χ4v) is 2.30. The van der Waals surface area contributed by atoms with Gasteiger partial charge in [0.05, 0.1) is 0 Å². The van der Waals surface area contributed by atoms with Gasteiger partial charge >= 0.3 is 0 Å². The fourth-order valence-electron chi connectivity index (χ4n) is 1.31. The maximum absolute atomic E-state index is 6.21. The summed E-state index contributed by atoms with van der Waals surface area (Å²) in [4.78, 5) is 0. The van der Waals surface area contributed by atoms with Crippen molar-refractivity contribution in [1.29, 1.82) is 0 Å². The first-order valence-corrected chi connectivity index (χ1v) is 9.85. The molecule has 2 heteroatoms. The Morgan fingerprint density at radius 1 is 1.06 bits per heavy atom. The molecule has 0 bridgehead atoms. The van der Waals surface area contributed by atoms with Crippen molar-refractivity contribution >= 4 is 24.5 Å². The van der Waals surface area contributed by atoms with Gasteiger partial charge in [0.25, 0.3) is 0 Å². The molecule has 86 valence electrons. The number of rotatable bonds is 5. The van der Waals surface area contributed by atoms with Crippen LogP contribution in [0, 0.1) is 0 Å². The van der Waals surface area contributed by atoms with Gasteiger partial charge < -0.3 is 0 Å². The molecule has 0 saturated heterocycles. The average molecular weight is 251 g/mol. The number of benzene rings is 1. The van der Waals surface area contributed by atoms with Gasteiger partial charge in [0.15, 0.2) is 7.38 Å². The van der Waals surface area contributed by atoms with Crippen LogP contribution in [-0.4, -0.2) is 7.38 Å². The van der Waals surface area contributed by atoms with Gasteiger partial charge in [-0.05, 0) is 18.0 Å². The van der Waals surface area contributed by atoms with Gasteiger partial charge in [-0.25, -0.2) is 0 Å².